The van der Waals surface area contributed by atoms with Crippen molar-refractivity contribution in [3.63, 3.8) is 0 Å². The van der Waals surface area contributed by atoms with E-state index in [2.05, 4.69) is 0 Å². The van der Waals surface area contributed by atoms with Crippen LogP contribution in [0.2, 0.25) is 0 Å². The molecule has 0 aromatic carbocycles. The van der Waals surface area contributed by atoms with Gasteiger partial charge in [0, 0.05) is 13.1 Å². The smallest absolute Gasteiger partial charge is 0.410 e. The average molecular weight is 293 g/mol. The van der Waals surface area contributed by atoms with Gasteiger partial charge in [-0.15, -0.1) is 0 Å². The Morgan fingerprint density at radius 3 is 2.45 bits per heavy atom. The molecule has 0 saturated carbocycles. The number of carbonyl (C=O) groups is 2. The van der Waals surface area contributed by atoms with Crippen molar-refractivity contribution in [3.05, 3.63) is 0 Å². The van der Waals surface area contributed by atoms with E-state index in [4.69, 9.17) is 9.84 Å². The summed E-state index contributed by atoms with van der Waals surface area (Å²) < 4.78 is 31.7. The Morgan fingerprint density at radius 1 is 1.40 bits per heavy atom. The zero-order valence-electron chi connectivity index (χ0n) is 12.0. The Labute approximate surface area is 116 Å². The van der Waals surface area contributed by atoms with E-state index in [1.165, 1.54) is 4.90 Å². The van der Waals surface area contributed by atoms with Crippen molar-refractivity contribution < 1.29 is 28.2 Å². The molecular weight excluding hydrogens is 272 g/mol. The van der Waals surface area contributed by atoms with E-state index < -0.39 is 35.9 Å². The molecule has 1 heterocycles. The number of rotatable bonds is 3. The molecule has 1 aliphatic heterocycles. The molecule has 1 aliphatic rings. The zero-order valence-corrected chi connectivity index (χ0v) is 12.0. The van der Waals surface area contributed by atoms with Crippen LogP contribution in [0.4, 0.5) is 13.6 Å². The van der Waals surface area contributed by atoms with Gasteiger partial charge in [0.15, 0.2) is 0 Å². The number of ether oxygens (including phenoxy) is 1. The molecule has 1 atom stereocenters. The first-order chi connectivity index (χ1) is 9.06. The lowest BCUT2D eigenvalue weighted by Crippen LogP contribution is -2.51. The van der Waals surface area contributed by atoms with E-state index in [9.17, 15) is 18.4 Å². The van der Waals surface area contributed by atoms with Gasteiger partial charge in [0.2, 0.25) is 6.43 Å². The molecule has 7 heteroatoms. The van der Waals surface area contributed by atoms with Crippen LogP contribution in [0.25, 0.3) is 0 Å². The summed E-state index contributed by atoms with van der Waals surface area (Å²) in [5.74, 6) is -1.28. The van der Waals surface area contributed by atoms with Gasteiger partial charge in [-0.3, -0.25) is 4.79 Å². The van der Waals surface area contributed by atoms with Gasteiger partial charge in [-0.05, 0) is 33.6 Å². The third-order valence-electron chi connectivity index (χ3n) is 3.23. The number of piperidine rings is 1. The Balaban J connectivity index is 2.82. The molecular formula is C13H21F2NO4. The molecule has 0 bridgehead atoms. The largest absolute Gasteiger partial charge is 0.481 e. The predicted octanol–water partition coefficient (Wildman–Crippen LogP) is 2.74. The molecule has 1 saturated heterocycles. The second-order valence-corrected chi connectivity index (χ2v) is 6.24. The van der Waals surface area contributed by atoms with Crippen molar-refractivity contribution in [2.24, 2.45) is 5.41 Å². The van der Waals surface area contributed by atoms with Crippen LogP contribution < -0.4 is 0 Å². The zero-order chi connectivity index (χ0) is 15.6. The lowest BCUT2D eigenvalue weighted by Gasteiger charge is -2.41. The number of carboxylic acid groups (broad SMARTS) is 1. The molecule has 1 N–H and O–H groups in total. The topological polar surface area (TPSA) is 66.8 Å². The molecule has 1 fully saturated rings. The van der Waals surface area contributed by atoms with Crippen molar-refractivity contribution in [1.29, 1.82) is 0 Å². The molecule has 0 aliphatic carbocycles. The van der Waals surface area contributed by atoms with E-state index in [1.807, 2.05) is 0 Å². The number of carbonyl (C=O) groups excluding carboxylic acids is 1. The summed E-state index contributed by atoms with van der Waals surface area (Å²) in [4.78, 5) is 23.9. The number of likely N-dealkylation sites (tertiary alicyclic amines) is 1. The fraction of sp³-hybridized carbons (Fsp3) is 0.846. The molecule has 0 spiro atoms. The van der Waals surface area contributed by atoms with Crippen molar-refractivity contribution >= 4 is 12.1 Å². The summed E-state index contributed by atoms with van der Waals surface area (Å²) in [5.41, 5.74) is -2.39. The fourth-order valence-corrected chi connectivity index (χ4v) is 2.34. The second kappa shape index (κ2) is 5.93. The predicted molar refractivity (Wildman–Crippen MR) is 67.7 cm³/mol. The first-order valence-electron chi connectivity index (χ1n) is 6.54. The Kier molecular flexibility index (Phi) is 4.94. The van der Waals surface area contributed by atoms with E-state index in [1.54, 1.807) is 20.8 Å². The van der Waals surface area contributed by atoms with E-state index in [0.29, 0.717) is 13.0 Å². The van der Waals surface area contributed by atoms with Gasteiger partial charge in [0.25, 0.3) is 0 Å². The van der Waals surface area contributed by atoms with Crippen molar-refractivity contribution in [2.45, 2.75) is 52.1 Å². The monoisotopic (exact) mass is 293 g/mol. The standard InChI is InChI=1S/C13H21F2NO4/c1-12(2,3)20-11(19)16-6-4-5-13(8-16,10(14)15)7-9(17)18/h10H,4-8H2,1-3H3,(H,17,18). The van der Waals surface area contributed by atoms with Crippen LogP contribution in [-0.4, -0.2) is 47.2 Å². The Morgan fingerprint density at radius 2 is 2.00 bits per heavy atom. The van der Waals surface area contributed by atoms with Gasteiger partial charge in [0.05, 0.1) is 11.8 Å². The lowest BCUT2D eigenvalue weighted by molar-refractivity contribution is -0.146. The van der Waals surface area contributed by atoms with Crippen LogP contribution in [-0.2, 0) is 9.53 Å². The van der Waals surface area contributed by atoms with Crippen LogP contribution >= 0.6 is 0 Å². The third-order valence-corrected chi connectivity index (χ3v) is 3.23. The van der Waals surface area contributed by atoms with Gasteiger partial charge in [0.1, 0.15) is 5.60 Å². The highest BCUT2D eigenvalue weighted by molar-refractivity contribution is 5.70. The Bertz CT molecular complexity index is 381. The summed E-state index contributed by atoms with van der Waals surface area (Å²) in [6.45, 7) is 5.08. The van der Waals surface area contributed by atoms with Crippen LogP contribution in [0.1, 0.15) is 40.0 Å². The summed E-state index contributed by atoms with van der Waals surface area (Å²) >= 11 is 0. The van der Waals surface area contributed by atoms with Gasteiger partial charge >= 0.3 is 12.1 Å². The quantitative estimate of drug-likeness (QED) is 0.869. The van der Waals surface area contributed by atoms with Crippen LogP contribution in [0.15, 0.2) is 0 Å². The second-order valence-electron chi connectivity index (χ2n) is 6.24. The van der Waals surface area contributed by atoms with Crippen molar-refractivity contribution in [3.8, 4) is 0 Å². The Hall–Kier alpha value is -1.40. The van der Waals surface area contributed by atoms with Gasteiger partial charge in [-0.25, -0.2) is 13.6 Å². The number of amides is 1. The lowest BCUT2D eigenvalue weighted by atomic mass is 9.77. The maximum absolute atomic E-state index is 13.3. The molecule has 5 nitrogen and oxygen atoms in total. The molecule has 1 amide bonds. The first-order valence-corrected chi connectivity index (χ1v) is 6.54. The summed E-state index contributed by atoms with van der Waals surface area (Å²) in [6.07, 6.45) is -3.67. The highest BCUT2D eigenvalue weighted by Crippen LogP contribution is 2.39. The van der Waals surface area contributed by atoms with Gasteiger partial charge in [-0.2, -0.15) is 0 Å². The normalized spacial score (nSPS) is 23.8. The van der Waals surface area contributed by atoms with Crippen LogP contribution in [0.5, 0.6) is 0 Å². The number of aliphatic carboxylic acids is 1. The molecule has 0 radical (unpaired) electrons. The fourth-order valence-electron chi connectivity index (χ4n) is 2.34. The minimum Gasteiger partial charge on any atom is -0.481 e. The first kappa shape index (κ1) is 16.7. The number of alkyl halides is 2. The molecule has 0 aromatic rings. The number of nitrogens with zero attached hydrogens (tertiary/aromatic N) is 1. The van der Waals surface area contributed by atoms with Crippen LogP contribution in [0, 0.1) is 5.41 Å². The SMILES string of the molecule is CC(C)(C)OC(=O)N1CCCC(CC(=O)O)(C(F)F)C1. The van der Waals surface area contributed by atoms with Crippen molar-refractivity contribution in [2.75, 3.05) is 13.1 Å². The maximum atomic E-state index is 13.3. The molecule has 116 valence electrons. The number of halogens is 2. The van der Waals surface area contributed by atoms with Crippen LogP contribution in [0.3, 0.4) is 0 Å². The highest BCUT2D eigenvalue weighted by Gasteiger charge is 2.46. The number of carboxylic acids is 1. The average Bonchev–Trinajstić information content (AvgIpc) is 2.25. The van der Waals surface area contributed by atoms with Gasteiger partial charge in [-0.1, -0.05) is 0 Å². The maximum Gasteiger partial charge on any atom is 0.410 e. The summed E-state index contributed by atoms with van der Waals surface area (Å²) in [6, 6.07) is 0. The molecule has 1 unspecified atom stereocenters. The molecule has 0 aromatic heterocycles. The number of hydrogen-bond donors (Lipinski definition) is 1. The molecule has 1 rings (SSSR count). The third kappa shape index (κ3) is 4.31. The van der Waals surface area contributed by atoms with Crippen molar-refractivity contribution in [1.82, 2.24) is 4.90 Å². The van der Waals surface area contributed by atoms with E-state index in [0.717, 1.165) is 0 Å². The summed E-state index contributed by atoms with van der Waals surface area (Å²) in [5, 5.41) is 8.82. The van der Waals surface area contributed by atoms with Gasteiger partial charge < -0.3 is 14.7 Å². The van der Waals surface area contributed by atoms with E-state index in [-0.39, 0.29) is 13.0 Å². The highest BCUT2D eigenvalue weighted by atomic mass is 19.3. The minimum absolute atomic E-state index is 0.0935. The summed E-state index contributed by atoms with van der Waals surface area (Å²) in [7, 11) is 0. The van der Waals surface area contributed by atoms with E-state index >= 15 is 0 Å². The minimum atomic E-state index is -2.79. The molecule has 20 heavy (non-hydrogen) atoms. The number of hydrogen-bond acceptors (Lipinski definition) is 3.